The third-order valence-corrected chi connectivity index (χ3v) is 4.77. The number of aliphatic hydroxyl groups excluding tert-OH is 1. The molecule has 0 spiro atoms. The van der Waals surface area contributed by atoms with Gasteiger partial charge in [0.2, 0.25) is 0 Å². The van der Waals surface area contributed by atoms with E-state index in [0.29, 0.717) is 40.5 Å². The Morgan fingerprint density at radius 2 is 2.04 bits per heavy atom. The van der Waals surface area contributed by atoms with E-state index in [-0.39, 0.29) is 0 Å². The lowest BCUT2D eigenvalue weighted by molar-refractivity contribution is 0.200. The fourth-order valence-corrected chi connectivity index (χ4v) is 3.52. The van der Waals surface area contributed by atoms with Crippen LogP contribution in [0.25, 0.3) is 0 Å². The van der Waals surface area contributed by atoms with Crippen molar-refractivity contribution in [3.63, 3.8) is 0 Å². The monoisotopic (exact) mass is 378 g/mol. The van der Waals surface area contributed by atoms with E-state index < -0.39 is 6.10 Å². The summed E-state index contributed by atoms with van der Waals surface area (Å²) >= 11 is 12.2. The second kappa shape index (κ2) is 6.33. The molecule has 1 aliphatic heterocycles. The number of fused-ring (bicyclic) bond motifs is 1. The van der Waals surface area contributed by atoms with E-state index in [1.54, 1.807) is 29.2 Å². The highest BCUT2D eigenvalue weighted by Gasteiger charge is 2.25. The molecule has 0 saturated heterocycles. The summed E-state index contributed by atoms with van der Waals surface area (Å²) in [6.45, 7) is 2.01. The van der Waals surface area contributed by atoms with E-state index in [4.69, 9.17) is 23.2 Å². The Bertz CT molecular complexity index is 921. The van der Waals surface area contributed by atoms with E-state index in [2.05, 4.69) is 20.0 Å². The topological polar surface area (TPSA) is 72.0 Å². The molecule has 7 nitrogen and oxygen atoms in total. The van der Waals surface area contributed by atoms with Crippen molar-refractivity contribution in [1.82, 2.24) is 24.3 Å². The zero-order valence-corrected chi connectivity index (χ0v) is 15.0. The van der Waals surface area contributed by atoms with Crippen LogP contribution in [-0.2, 0) is 20.1 Å². The quantitative estimate of drug-likeness (QED) is 0.757. The second-order valence-corrected chi connectivity index (χ2v) is 6.81. The van der Waals surface area contributed by atoms with Gasteiger partial charge in [-0.1, -0.05) is 23.2 Å². The molecule has 4 rings (SSSR count). The van der Waals surface area contributed by atoms with Crippen LogP contribution in [-0.4, -0.2) is 36.0 Å². The Morgan fingerprint density at radius 1 is 1.20 bits per heavy atom. The maximum atomic E-state index is 10.5. The normalized spacial score (nSPS) is 15.3. The van der Waals surface area contributed by atoms with Crippen LogP contribution in [0.4, 0.5) is 5.82 Å². The van der Waals surface area contributed by atoms with Gasteiger partial charge in [0.25, 0.3) is 0 Å². The Balaban J connectivity index is 1.60. The fourth-order valence-electron chi connectivity index (χ4n) is 3.02. The SMILES string of the molecule is Cn1ccnc1[C@H](O)c1cc2n(n1)CCN(c1ncc(Cl)cc1Cl)C2. The van der Waals surface area contributed by atoms with Crippen molar-refractivity contribution in [2.24, 2.45) is 7.05 Å². The number of anilines is 1. The van der Waals surface area contributed by atoms with Crippen molar-refractivity contribution in [1.29, 1.82) is 0 Å². The molecule has 0 aromatic carbocycles. The van der Waals surface area contributed by atoms with Crippen LogP contribution in [0, 0.1) is 0 Å². The number of hydrogen-bond donors (Lipinski definition) is 1. The summed E-state index contributed by atoms with van der Waals surface area (Å²) in [7, 11) is 1.84. The lowest BCUT2D eigenvalue weighted by Crippen LogP contribution is -2.34. The predicted molar refractivity (Wildman–Crippen MR) is 94.8 cm³/mol. The van der Waals surface area contributed by atoms with Crippen molar-refractivity contribution >= 4 is 29.0 Å². The summed E-state index contributed by atoms with van der Waals surface area (Å²) in [6, 6.07) is 3.59. The van der Waals surface area contributed by atoms with Gasteiger partial charge in [0.05, 0.1) is 34.5 Å². The highest BCUT2D eigenvalue weighted by molar-refractivity contribution is 6.36. The van der Waals surface area contributed by atoms with Crippen LogP contribution < -0.4 is 4.90 Å². The fraction of sp³-hybridized carbons (Fsp3) is 0.312. The highest BCUT2D eigenvalue weighted by atomic mass is 35.5. The van der Waals surface area contributed by atoms with Crippen molar-refractivity contribution in [3.8, 4) is 0 Å². The first kappa shape index (κ1) is 16.4. The third-order valence-electron chi connectivity index (χ3n) is 4.29. The molecular weight excluding hydrogens is 363 g/mol. The van der Waals surface area contributed by atoms with Gasteiger partial charge in [-0.2, -0.15) is 5.10 Å². The van der Waals surface area contributed by atoms with Gasteiger partial charge in [0.15, 0.2) is 6.10 Å². The van der Waals surface area contributed by atoms with Gasteiger partial charge in [-0.05, 0) is 12.1 Å². The molecule has 3 aromatic heterocycles. The molecule has 0 bridgehead atoms. The Labute approximate surface area is 154 Å². The van der Waals surface area contributed by atoms with Crippen LogP contribution in [0.1, 0.15) is 23.3 Å². The number of aliphatic hydroxyl groups is 1. The van der Waals surface area contributed by atoms with Gasteiger partial charge >= 0.3 is 0 Å². The minimum Gasteiger partial charge on any atom is -0.379 e. The molecule has 130 valence electrons. The summed E-state index contributed by atoms with van der Waals surface area (Å²) in [5.41, 5.74) is 1.57. The van der Waals surface area contributed by atoms with E-state index in [9.17, 15) is 5.11 Å². The molecule has 0 radical (unpaired) electrons. The first-order chi connectivity index (χ1) is 12.0. The van der Waals surface area contributed by atoms with Gasteiger partial charge < -0.3 is 14.6 Å². The molecule has 1 aliphatic rings. The summed E-state index contributed by atoms with van der Waals surface area (Å²) in [5.74, 6) is 1.26. The van der Waals surface area contributed by atoms with Gasteiger partial charge in [-0.3, -0.25) is 4.68 Å². The zero-order valence-electron chi connectivity index (χ0n) is 13.5. The molecule has 0 unspecified atom stereocenters. The Kier molecular flexibility index (Phi) is 4.15. The summed E-state index contributed by atoms with van der Waals surface area (Å²) in [4.78, 5) is 10.6. The molecule has 4 heterocycles. The average molecular weight is 379 g/mol. The lowest BCUT2D eigenvalue weighted by atomic mass is 10.2. The molecule has 1 atom stereocenters. The molecule has 1 N–H and O–H groups in total. The van der Waals surface area contributed by atoms with Gasteiger partial charge in [-0.25, -0.2) is 9.97 Å². The Morgan fingerprint density at radius 3 is 2.76 bits per heavy atom. The number of aryl methyl sites for hydroxylation is 1. The summed E-state index contributed by atoms with van der Waals surface area (Å²) in [5, 5.41) is 16.1. The van der Waals surface area contributed by atoms with Crippen molar-refractivity contribution in [2.75, 3.05) is 11.4 Å². The van der Waals surface area contributed by atoms with Crippen molar-refractivity contribution in [3.05, 3.63) is 58.0 Å². The average Bonchev–Trinajstić information content (AvgIpc) is 3.19. The standard InChI is InChI=1S/C16H16Cl2N6O/c1-22-3-2-19-16(22)14(25)13-7-11-9-23(4-5-24(11)21-13)15-12(18)6-10(17)8-20-15/h2-3,6-8,14,25H,4-5,9H2,1H3/t14-/m1/s1. The van der Waals surface area contributed by atoms with Gasteiger partial charge in [0.1, 0.15) is 11.6 Å². The first-order valence-corrected chi connectivity index (χ1v) is 8.56. The molecular formula is C16H16Cl2N6O. The number of nitrogens with zero attached hydrogens (tertiary/aromatic N) is 6. The lowest BCUT2D eigenvalue weighted by Gasteiger charge is -2.29. The first-order valence-electron chi connectivity index (χ1n) is 7.81. The number of aromatic nitrogens is 5. The van der Waals surface area contributed by atoms with E-state index in [1.165, 1.54) is 0 Å². The molecule has 9 heteroatoms. The summed E-state index contributed by atoms with van der Waals surface area (Å²) < 4.78 is 3.69. The summed E-state index contributed by atoms with van der Waals surface area (Å²) in [6.07, 6.45) is 4.18. The molecule has 25 heavy (non-hydrogen) atoms. The largest absolute Gasteiger partial charge is 0.379 e. The maximum Gasteiger partial charge on any atom is 0.155 e. The van der Waals surface area contributed by atoms with Crippen molar-refractivity contribution < 1.29 is 5.11 Å². The molecule has 0 aliphatic carbocycles. The number of rotatable bonds is 3. The van der Waals surface area contributed by atoms with Crippen molar-refractivity contribution in [2.45, 2.75) is 19.2 Å². The van der Waals surface area contributed by atoms with Crippen LogP contribution in [0.2, 0.25) is 10.0 Å². The van der Waals surface area contributed by atoms with Crippen LogP contribution in [0.3, 0.4) is 0 Å². The van der Waals surface area contributed by atoms with Crippen LogP contribution in [0.5, 0.6) is 0 Å². The smallest absolute Gasteiger partial charge is 0.155 e. The molecule has 0 saturated carbocycles. The molecule has 0 amide bonds. The predicted octanol–water partition coefficient (Wildman–Crippen LogP) is 2.42. The minimum absolute atomic E-state index is 0.510. The van der Waals surface area contributed by atoms with Crippen LogP contribution >= 0.6 is 23.2 Å². The molecule has 3 aromatic rings. The third kappa shape index (κ3) is 2.99. The van der Waals surface area contributed by atoms with E-state index in [0.717, 1.165) is 12.2 Å². The Hall–Kier alpha value is -2.09. The van der Waals surface area contributed by atoms with Crippen LogP contribution in [0.15, 0.2) is 30.7 Å². The number of halogens is 2. The van der Waals surface area contributed by atoms with E-state index >= 15 is 0 Å². The number of hydrogen-bond acceptors (Lipinski definition) is 5. The van der Waals surface area contributed by atoms with Gasteiger partial charge in [-0.15, -0.1) is 0 Å². The minimum atomic E-state index is -0.858. The maximum absolute atomic E-state index is 10.5. The molecule has 0 fully saturated rings. The second-order valence-electron chi connectivity index (χ2n) is 5.96. The zero-order chi connectivity index (χ0) is 17.6. The number of pyridine rings is 1. The highest BCUT2D eigenvalue weighted by Crippen LogP contribution is 2.29. The number of imidazole rings is 1. The van der Waals surface area contributed by atoms with E-state index in [1.807, 2.05) is 17.8 Å². The van der Waals surface area contributed by atoms with Gasteiger partial charge in [0, 0.05) is 32.2 Å².